The van der Waals surface area contributed by atoms with Crippen molar-refractivity contribution in [3.63, 3.8) is 0 Å². The summed E-state index contributed by atoms with van der Waals surface area (Å²) >= 11 is 2.95. The van der Waals surface area contributed by atoms with Gasteiger partial charge in [-0.2, -0.15) is 4.99 Å². The van der Waals surface area contributed by atoms with E-state index in [-0.39, 0.29) is 5.91 Å². The molecule has 0 saturated heterocycles. The largest absolute Gasteiger partial charge is 0.486 e. The Kier molecular flexibility index (Phi) is 4.22. The molecule has 1 aliphatic heterocycles. The average molecular weight is 409 g/mol. The average Bonchev–Trinajstić information content (AvgIpc) is 3.30. The van der Waals surface area contributed by atoms with Crippen molar-refractivity contribution in [3.05, 3.63) is 58.9 Å². The Morgan fingerprint density at radius 1 is 1.21 bits per heavy atom. The molecule has 140 valence electrons. The third-order valence-electron chi connectivity index (χ3n) is 4.43. The highest BCUT2D eigenvalue weighted by Gasteiger charge is 2.17. The van der Waals surface area contributed by atoms with Crippen LogP contribution in [0.5, 0.6) is 11.5 Å². The number of hydrogen-bond acceptors (Lipinski definition) is 6. The number of carbonyl (C=O) groups is 1. The normalized spacial score (nSPS) is 13.9. The number of benzene rings is 2. The zero-order chi connectivity index (χ0) is 19.1. The molecule has 0 atom stereocenters. The van der Waals surface area contributed by atoms with E-state index in [2.05, 4.69) is 16.6 Å². The van der Waals surface area contributed by atoms with Gasteiger partial charge in [0.25, 0.3) is 5.91 Å². The topological polar surface area (TPSA) is 65.7 Å². The zero-order valence-electron chi connectivity index (χ0n) is 14.8. The molecule has 0 unspecified atom stereocenters. The van der Waals surface area contributed by atoms with Crippen molar-refractivity contribution in [2.75, 3.05) is 13.2 Å². The summed E-state index contributed by atoms with van der Waals surface area (Å²) in [5, 5.41) is 0. The first-order valence-electron chi connectivity index (χ1n) is 8.69. The van der Waals surface area contributed by atoms with Gasteiger partial charge >= 0.3 is 0 Å². The molecule has 0 radical (unpaired) electrons. The summed E-state index contributed by atoms with van der Waals surface area (Å²) in [6, 6.07) is 9.33. The summed E-state index contributed by atoms with van der Waals surface area (Å²) in [4.78, 5) is 22.1. The number of aromatic nitrogens is 2. The molecule has 2 aromatic carbocycles. The van der Waals surface area contributed by atoms with Crippen LogP contribution in [0.2, 0.25) is 0 Å². The molecule has 0 bridgehead atoms. The van der Waals surface area contributed by atoms with Crippen molar-refractivity contribution in [3.8, 4) is 11.5 Å². The third-order valence-corrected chi connectivity index (χ3v) is 6.27. The van der Waals surface area contributed by atoms with Gasteiger partial charge in [0.15, 0.2) is 16.3 Å². The van der Waals surface area contributed by atoms with E-state index in [0.29, 0.717) is 35.9 Å². The molecule has 4 aromatic rings. The first-order chi connectivity index (χ1) is 13.7. The van der Waals surface area contributed by atoms with E-state index >= 15 is 0 Å². The molecule has 6 nitrogen and oxygen atoms in total. The molecule has 1 aliphatic rings. The van der Waals surface area contributed by atoms with Gasteiger partial charge in [-0.1, -0.05) is 17.4 Å². The van der Waals surface area contributed by atoms with Crippen LogP contribution in [-0.2, 0) is 6.54 Å². The standard InChI is InChI=1S/C20H15N3O3S2/c1-2-5-23-14-9-15-16(26-7-6-25-15)10-18(14)28-20(23)22-19(24)12-3-4-13-17(8-12)27-11-21-13/h2-4,8-11H,1,5-7H2. The van der Waals surface area contributed by atoms with Crippen molar-refractivity contribution in [2.24, 2.45) is 4.99 Å². The van der Waals surface area contributed by atoms with Crippen LogP contribution >= 0.6 is 22.7 Å². The van der Waals surface area contributed by atoms with Crippen molar-refractivity contribution < 1.29 is 14.3 Å². The van der Waals surface area contributed by atoms with Gasteiger partial charge in [-0.15, -0.1) is 17.9 Å². The van der Waals surface area contributed by atoms with Gasteiger partial charge in [0.05, 0.1) is 25.9 Å². The first kappa shape index (κ1) is 17.2. The van der Waals surface area contributed by atoms with Crippen molar-refractivity contribution in [1.82, 2.24) is 9.55 Å². The number of ether oxygens (including phenoxy) is 2. The number of allylic oxidation sites excluding steroid dienone is 1. The predicted octanol–water partition coefficient (Wildman–Crippen LogP) is 4.01. The van der Waals surface area contributed by atoms with Gasteiger partial charge in [-0.05, 0) is 18.2 Å². The Morgan fingerprint density at radius 2 is 2.04 bits per heavy atom. The zero-order valence-corrected chi connectivity index (χ0v) is 16.4. The van der Waals surface area contributed by atoms with Crippen LogP contribution in [0.3, 0.4) is 0 Å². The van der Waals surface area contributed by atoms with E-state index in [4.69, 9.17) is 9.47 Å². The van der Waals surface area contributed by atoms with Crippen LogP contribution in [0.15, 0.2) is 53.5 Å². The quantitative estimate of drug-likeness (QED) is 0.480. The molecule has 8 heteroatoms. The molecule has 5 rings (SSSR count). The maximum absolute atomic E-state index is 12.8. The lowest BCUT2D eigenvalue weighted by atomic mass is 10.2. The van der Waals surface area contributed by atoms with E-state index < -0.39 is 0 Å². The molecule has 0 saturated carbocycles. The number of hydrogen-bond donors (Lipinski definition) is 0. The summed E-state index contributed by atoms with van der Waals surface area (Å²) in [5.74, 6) is 1.15. The first-order valence-corrected chi connectivity index (χ1v) is 10.4. The van der Waals surface area contributed by atoms with Crippen LogP contribution in [-0.4, -0.2) is 28.7 Å². The monoisotopic (exact) mass is 409 g/mol. The molecule has 2 aromatic heterocycles. The lowest BCUT2D eigenvalue weighted by Crippen LogP contribution is -2.17. The lowest BCUT2D eigenvalue weighted by molar-refractivity contribution is 0.0998. The smallest absolute Gasteiger partial charge is 0.279 e. The number of amides is 1. The summed E-state index contributed by atoms with van der Waals surface area (Å²) < 4.78 is 15.3. The molecule has 28 heavy (non-hydrogen) atoms. The minimum Gasteiger partial charge on any atom is -0.486 e. The SMILES string of the molecule is C=CCn1c(=NC(=O)c2ccc3ncsc3c2)sc2cc3c(cc21)OCCO3. The van der Waals surface area contributed by atoms with Crippen molar-refractivity contribution >= 4 is 49.0 Å². The van der Waals surface area contributed by atoms with Crippen LogP contribution in [0, 0.1) is 0 Å². The van der Waals surface area contributed by atoms with Gasteiger partial charge in [-0.3, -0.25) is 4.79 Å². The minimum atomic E-state index is -0.281. The summed E-state index contributed by atoms with van der Waals surface area (Å²) in [7, 11) is 0. The van der Waals surface area contributed by atoms with E-state index in [1.807, 2.05) is 28.8 Å². The van der Waals surface area contributed by atoms with E-state index in [1.165, 1.54) is 22.7 Å². The van der Waals surface area contributed by atoms with Gasteiger partial charge in [0.2, 0.25) is 0 Å². The van der Waals surface area contributed by atoms with Crippen molar-refractivity contribution in [2.45, 2.75) is 6.54 Å². The molecule has 0 aliphatic carbocycles. The predicted molar refractivity (Wildman–Crippen MR) is 111 cm³/mol. The van der Waals surface area contributed by atoms with Crippen LogP contribution < -0.4 is 14.3 Å². The Labute approximate surface area is 168 Å². The fourth-order valence-electron chi connectivity index (χ4n) is 3.14. The van der Waals surface area contributed by atoms with E-state index in [1.54, 1.807) is 17.7 Å². The number of thiazole rings is 2. The minimum absolute atomic E-state index is 0.281. The molecule has 1 amide bonds. The second-order valence-electron chi connectivity index (χ2n) is 6.20. The van der Waals surface area contributed by atoms with Gasteiger partial charge in [0, 0.05) is 24.2 Å². The molecule has 0 fully saturated rings. The van der Waals surface area contributed by atoms with Gasteiger partial charge < -0.3 is 14.0 Å². The van der Waals surface area contributed by atoms with Crippen LogP contribution in [0.1, 0.15) is 10.4 Å². The number of nitrogens with zero attached hydrogens (tertiary/aromatic N) is 3. The second kappa shape index (κ2) is 6.88. The maximum Gasteiger partial charge on any atom is 0.279 e. The Bertz CT molecular complexity index is 1300. The summed E-state index contributed by atoms with van der Waals surface area (Å²) in [6.45, 7) is 5.44. The number of fused-ring (bicyclic) bond motifs is 3. The van der Waals surface area contributed by atoms with E-state index in [0.717, 1.165) is 26.2 Å². The fourth-order valence-corrected chi connectivity index (χ4v) is 4.90. The highest BCUT2D eigenvalue weighted by Crippen LogP contribution is 2.35. The molecule has 0 N–H and O–H groups in total. The fraction of sp³-hybridized carbons (Fsp3) is 0.150. The highest BCUT2D eigenvalue weighted by molar-refractivity contribution is 7.17. The summed E-state index contributed by atoms with van der Waals surface area (Å²) in [6.07, 6.45) is 1.79. The van der Waals surface area contributed by atoms with Crippen LogP contribution in [0.4, 0.5) is 0 Å². The Balaban J connectivity index is 1.64. The Morgan fingerprint density at radius 3 is 2.86 bits per heavy atom. The molecular formula is C20H15N3O3S2. The second-order valence-corrected chi connectivity index (χ2v) is 8.09. The van der Waals surface area contributed by atoms with Crippen LogP contribution in [0.25, 0.3) is 20.4 Å². The number of carbonyl (C=O) groups excluding carboxylic acids is 1. The Hall–Kier alpha value is -2.97. The maximum atomic E-state index is 12.8. The number of rotatable bonds is 3. The molecule has 3 heterocycles. The van der Waals surface area contributed by atoms with E-state index in [9.17, 15) is 4.79 Å². The summed E-state index contributed by atoms with van der Waals surface area (Å²) in [5.41, 5.74) is 4.14. The third kappa shape index (κ3) is 2.90. The lowest BCUT2D eigenvalue weighted by Gasteiger charge is -2.18. The molecular weight excluding hydrogens is 394 g/mol. The molecule has 0 spiro atoms. The van der Waals surface area contributed by atoms with Gasteiger partial charge in [-0.25, -0.2) is 4.98 Å². The van der Waals surface area contributed by atoms with Gasteiger partial charge in [0.1, 0.15) is 13.2 Å². The highest BCUT2D eigenvalue weighted by atomic mass is 32.1. The van der Waals surface area contributed by atoms with Crippen molar-refractivity contribution in [1.29, 1.82) is 0 Å².